The largest absolute Gasteiger partial charge is 0.394 e. The zero-order chi connectivity index (χ0) is 9.68. The van der Waals surface area contributed by atoms with Crippen molar-refractivity contribution < 1.29 is 10.2 Å². The highest BCUT2D eigenvalue weighted by molar-refractivity contribution is 4.85. The molecular weight excluding hydrogens is 166 g/mol. The molecule has 1 aliphatic rings. The maximum absolute atomic E-state index is 9.31. The number of unbranched alkanes of at least 4 members (excludes halogenated alkanes) is 1. The first-order chi connectivity index (χ1) is 6.27. The summed E-state index contributed by atoms with van der Waals surface area (Å²) in [7, 11) is 0. The van der Waals surface area contributed by atoms with Crippen molar-refractivity contribution in [2.24, 2.45) is 0 Å². The summed E-state index contributed by atoms with van der Waals surface area (Å²) in [4.78, 5) is 2.31. The molecule has 0 aliphatic heterocycles. The molecule has 1 atom stereocenters. The lowest BCUT2D eigenvalue weighted by Gasteiger charge is -2.23. The SMILES string of the molecule is CCCCN(CC(O)CO)C1CC1. The highest BCUT2D eigenvalue weighted by Crippen LogP contribution is 2.27. The molecule has 1 aliphatic carbocycles. The van der Waals surface area contributed by atoms with Gasteiger partial charge in [-0.25, -0.2) is 0 Å². The van der Waals surface area contributed by atoms with Crippen molar-refractivity contribution in [1.29, 1.82) is 0 Å². The Hall–Kier alpha value is -0.120. The quantitative estimate of drug-likeness (QED) is 0.613. The van der Waals surface area contributed by atoms with Crippen LogP contribution in [0.25, 0.3) is 0 Å². The Labute approximate surface area is 80.4 Å². The van der Waals surface area contributed by atoms with Crippen LogP contribution in [0.1, 0.15) is 32.6 Å². The van der Waals surface area contributed by atoms with E-state index in [0.29, 0.717) is 12.6 Å². The second-order valence-corrected chi connectivity index (χ2v) is 3.92. The number of aliphatic hydroxyl groups excluding tert-OH is 2. The van der Waals surface area contributed by atoms with Crippen LogP contribution in [0.4, 0.5) is 0 Å². The lowest BCUT2D eigenvalue weighted by atomic mass is 10.2. The van der Waals surface area contributed by atoms with E-state index in [4.69, 9.17) is 5.11 Å². The third kappa shape index (κ3) is 4.07. The molecule has 2 N–H and O–H groups in total. The van der Waals surface area contributed by atoms with Gasteiger partial charge < -0.3 is 10.2 Å². The Kier molecular flexibility index (Phi) is 4.70. The number of aliphatic hydroxyl groups is 2. The van der Waals surface area contributed by atoms with Gasteiger partial charge in [-0.2, -0.15) is 0 Å². The summed E-state index contributed by atoms with van der Waals surface area (Å²) in [6.45, 7) is 3.77. The van der Waals surface area contributed by atoms with E-state index in [2.05, 4.69) is 11.8 Å². The van der Waals surface area contributed by atoms with E-state index in [-0.39, 0.29) is 6.61 Å². The summed E-state index contributed by atoms with van der Waals surface area (Å²) in [5.41, 5.74) is 0. The third-order valence-corrected chi connectivity index (χ3v) is 2.52. The van der Waals surface area contributed by atoms with Crippen molar-refractivity contribution in [2.45, 2.75) is 44.8 Å². The predicted molar refractivity (Wildman–Crippen MR) is 52.6 cm³/mol. The summed E-state index contributed by atoms with van der Waals surface area (Å²) in [5.74, 6) is 0. The second kappa shape index (κ2) is 5.58. The van der Waals surface area contributed by atoms with E-state index in [9.17, 15) is 5.11 Å². The van der Waals surface area contributed by atoms with Gasteiger partial charge in [0.05, 0.1) is 12.7 Å². The van der Waals surface area contributed by atoms with Crippen molar-refractivity contribution in [1.82, 2.24) is 4.90 Å². The molecule has 1 unspecified atom stereocenters. The van der Waals surface area contributed by atoms with Crippen molar-refractivity contribution >= 4 is 0 Å². The van der Waals surface area contributed by atoms with E-state index >= 15 is 0 Å². The minimum atomic E-state index is -0.558. The minimum absolute atomic E-state index is 0.116. The van der Waals surface area contributed by atoms with Crippen LogP contribution in [-0.2, 0) is 0 Å². The number of nitrogens with zero attached hydrogens (tertiary/aromatic N) is 1. The second-order valence-electron chi connectivity index (χ2n) is 3.92. The summed E-state index contributed by atoms with van der Waals surface area (Å²) < 4.78 is 0. The van der Waals surface area contributed by atoms with Gasteiger partial charge in [0.2, 0.25) is 0 Å². The molecule has 0 aromatic rings. The third-order valence-electron chi connectivity index (χ3n) is 2.52. The Morgan fingerprint density at radius 2 is 2.15 bits per heavy atom. The Morgan fingerprint density at radius 1 is 1.46 bits per heavy atom. The molecule has 0 saturated heterocycles. The highest BCUT2D eigenvalue weighted by atomic mass is 16.3. The zero-order valence-corrected chi connectivity index (χ0v) is 8.45. The van der Waals surface area contributed by atoms with Crippen molar-refractivity contribution in [3.05, 3.63) is 0 Å². The molecule has 78 valence electrons. The van der Waals surface area contributed by atoms with Crippen LogP contribution >= 0.6 is 0 Å². The van der Waals surface area contributed by atoms with Crippen LogP contribution in [0.15, 0.2) is 0 Å². The zero-order valence-electron chi connectivity index (χ0n) is 8.45. The molecular formula is C10H21NO2. The molecule has 0 spiro atoms. The van der Waals surface area contributed by atoms with Gasteiger partial charge >= 0.3 is 0 Å². The Morgan fingerprint density at radius 3 is 2.62 bits per heavy atom. The summed E-state index contributed by atoms with van der Waals surface area (Å²) in [6.07, 6.45) is 4.36. The van der Waals surface area contributed by atoms with Crippen molar-refractivity contribution in [3.63, 3.8) is 0 Å². The molecule has 1 fully saturated rings. The van der Waals surface area contributed by atoms with Gasteiger partial charge in [0, 0.05) is 12.6 Å². The fourth-order valence-corrected chi connectivity index (χ4v) is 1.55. The average Bonchev–Trinajstić information content (AvgIpc) is 2.94. The lowest BCUT2D eigenvalue weighted by molar-refractivity contribution is 0.0561. The van der Waals surface area contributed by atoms with Crippen LogP contribution in [0.3, 0.4) is 0 Å². The van der Waals surface area contributed by atoms with Crippen molar-refractivity contribution in [2.75, 3.05) is 19.7 Å². The lowest BCUT2D eigenvalue weighted by Crippen LogP contribution is -2.36. The van der Waals surface area contributed by atoms with Crippen LogP contribution < -0.4 is 0 Å². The fraction of sp³-hybridized carbons (Fsp3) is 1.00. The topological polar surface area (TPSA) is 43.7 Å². The van der Waals surface area contributed by atoms with E-state index in [1.165, 1.54) is 25.7 Å². The van der Waals surface area contributed by atoms with Crippen LogP contribution in [0.5, 0.6) is 0 Å². The molecule has 0 amide bonds. The van der Waals surface area contributed by atoms with Gasteiger partial charge in [0.1, 0.15) is 0 Å². The van der Waals surface area contributed by atoms with E-state index in [1.54, 1.807) is 0 Å². The first-order valence-electron chi connectivity index (χ1n) is 5.31. The average molecular weight is 187 g/mol. The van der Waals surface area contributed by atoms with Crippen LogP contribution in [0, 0.1) is 0 Å². The molecule has 0 heterocycles. The van der Waals surface area contributed by atoms with E-state index in [1.807, 2.05) is 0 Å². The smallest absolute Gasteiger partial charge is 0.0897 e. The van der Waals surface area contributed by atoms with Crippen LogP contribution in [-0.4, -0.2) is 47.0 Å². The minimum Gasteiger partial charge on any atom is -0.394 e. The Balaban J connectivity index is 2.20. The van der Waals surface area contributed by atoms with Gasteiger partial charge in [-0.1, -0.05) is 13.3 Å². The van der Waals surface area contributed by atoms with E-state index < -0.39 is 6.10 Å². The first kappa shape index (κ1) is 11.0. The fourth-order valence-electron chi connectivity index (χ4n) is 1.55. The molecule has 13 heavy (non-hydrogen) atoms. The molecule has 3 nitrogen and oxygen atoms in total. The Bertz CT molecular complexity index is 137. The first-order valence-corrected chi connectivity index (χ1v) is 5.31. The van der Waals surface area contributed by atoms with Crippen molar-refractivity contribution in [3.8, 4) is 0 Å². The van der Waals surface area contributed by atoms with Crippen LogP contribution in [0.2, 0.25) is 0 Å². The van der Waals surface area contributed by atoms with Gasteiger partial charge in [-0.3, -0.25) is 4.90 Å². The van der Waals surface area contributed by atoms with Gasteiger partial charge in [-0.05, 0) is 25.8 Å². The molecule has 0 radical (unpaired) electrons. The number of hydrogen-bond donors (Lipinski definition) is 2. The molecule has 0 aromatic carbocycles. The van der Waals surface area contributed by atoms with Gasteiger partial charge in [0.25, 0.3) is 0 Å². The molecule has 1 rings (SSSR count). The molecule has 0 bridgehead atoms. The summed E-state index contributed by atoms with van der Waals surface area (Å²) >= 11 is 0. The van der Waals surface area contributed by atoms with Gasteiger partial charge in [-0.15, -0.1) is 0 Å². The monoisotopic (exact) mass is 187 g/mol. The van der Waals surface area contributed by atoms with E-state index in [0.717, 1.165) is 6.54 Å². The summed E-state index contributed by atoms with van der Waals surface area (Å²) in [6, 6.07) is 0.688. The summed E-state index contributed by atoms with van der Waals surface area (Å²) in [5, 5.41) is 18.0. The normalized spacial score (nSPS) is 19.4. The maximum Gasteiger partial charge on any atom is 0.0897 e. The van der Waals surface area contributed by atoms with Gasteiger partial charge in [0.15, 0.2) is 0 Å². The maximum atomic E-state index is 9.31. The molecule has 0 aromatic heterocycles. The standard InChI is InChI=1S/C10H21NO2/c1-2-3-6-11(9-4-5-9)7-10(13)8-12/h9-10,12-13H,2-8H2,1H3. The molecule has 3 heteroatoms. The molecule has 1 saturated carbocycles. The number of hydrogen-bond acceptors (Lipinski definition) is 3. The predicted octanol–water partition coefficient (Wildman–Crippen LogP) is 0.604. The number of rotatable bonds is 7. The highest BCUT2D eigenvalue weighted by Gasteiger charge is 2.29.